The average molecular weight is 368 g/mol. The highest BCUT2D eigenvalue weighted by molar-refractivity contribution is 5.77. The van der Waals surface area contributed by atoms with Crippen molar-refractivity contribution in [2.75, 3.05) is 6.54 Å². The second kappa shape index (κ2) is 7.43. The minimum atomic E-state index is -0.829. The number of benzene rings is 1. The van der Waals surface area contributed by atoms with Gasteiger partial charge in [-0.3, -0.25) is 9.89 Å². The van der Waals surface area contributed by atoms with Crippen LogP contribution in [0.1, 0.15) is 55.7 Å². The Kier molecular flexibility index (Phi) is 5.00. The molecule has 1 aromatic heterocycles. The molecule has 0 spiro atoms. The first-order valence-corrected chi connectivity index (χ1v) is 10.0. The molecule has 0 unspecified atom stereocenters. The van der Waals surface area contributed by atoms with Gasteiger partial charge in [-0.25, -0.2) is 4.98 Å². The number of aliphatic hydroxyl groups is 1. The average Bonchev–Trinajstić information content (AvgIpc) is 3.12. The molecule has 1 amide bonds. The third-order valence-electron chi connectivity index (χ3n) is 6.28. The summed E-state index contributed by atoms with van der Waals surface area (Å²) in [7, 11) is 0. The van der Waals surface area contributed by atoms with Gasteiger partial charge in [-0.05, 0) is 31.7 Å². The van der Waals surface area contributed by atoms with Crippen LogP contribution in [0.25, 0.3) is 0 Å². The first-order valence-electron chi connectivity index (χ1n) is 10.0. The Labute approximate surface area is 160 Å². The predicted octanol–water partition coefficient (Wildman–Crippen LogP) is 2.72. The monoisotopic (exact) mass is 368 g/mol. The van der Waals surface area contributed by atoms with Crippen LogP contribution in [0.2, 0.25) is 0 Å². The van der Waals surface area contributed by atoms with E-state index in [1.54, 1.807) is 0 Å². The lowest BCUT2D eigenvalue weighted by atomic mass is 9.66. The van der Waals surface area contributed by atoms with Crippen LogP contribution in [0.3, 0.4) is 0 Å². The number of aromatic nitrogens is 3. The van der Waals surface area contributed by atoms with E-state index in [9.17, 15) is 9.90 Å². The molecule has 4 rings (SSSR count). The number of carbonyl (C=O) groups excluding carboxylic acids is 1. The van der Waals surface area contributed by atoms with Crippen LogP contribution < -0.4 is 0 Å². The molecule has 0 radical (unpaired) electrons. The lowest BCUT2D eigenvalue weighted by molar-refractivity contribution is -0.154. The number of amides is 1. The fourth-order valence-electron chi connectivity index (χ4n) is 4.94. The van der Waals surface area contributed by atoms with Crippen LogP contribution in [0.5, 0.6) is 0 Å². The largest absolute Gasteiger partial charge is 0.385 e. The van der Waals surface area contributed by atoms with E-state index in [1.807, 2.05) is 42.2 Å². The SMILES string of the molecule is Cc1nc(CCC(=O)N2CC[C@@](O)(c3ccccc3)[C@H]3CCCC[C@@H]32)n[nH]1. The smallest absolute Gasteiger partial charge is 0.223 e. The van der Waals surface area contributed by atoms with Crippen LogP contribution in [-0.2, 0) is 16.8 Å². The molecule has 144 valence electrons. The molecule has 1 saturated heterocycles. The molecular formula is C21H28N4O2. The number of hydrogen-bond acceptors (Lipinski definition) is 4. The molecule has 6 heteroatoms. The molecule has 6 nitrogen and oxygen atoms in total. The summed E-state index contributed by atoms with van der Waals surface area (Å²) in [6.45, 7) is 2.47. The van der Waals surface area contributed by atoms with Gasteiger partial charge < -0.3 is 10.0 Å². The van der Waals surface area contributed by atoms with Gasteiger partial charge in [0.2, 0.25) is 5.91 Å². The molecule has 1 aliphatic carbocycles. The van der Waals surface area contributed by atoms with Crippen LogP contribution in [-0.4, -0.2) is 43.7 Å². The van der Waals surface area contributed by atoms with Crippen LogP contribution in [0, 0.1) is 12.8 Å². The van der Waals surface area contributed by atoms with Crippen LogP contribution in [0.4, 0.5) is 0 Å². The number of aryl methyl sites for hydroxylation is 2. The van der Waals surface area contributed by atoms with Gasteiger partial charge in [0.1, 0.15) is 5.82 Å². The van der Waals surface area contributed by atoms with Gasteiger partial charge >= 0.3 is 0 Å². The van der Waals surface area contributed by atoms with Gasteiger partial charge in [0, 0.05) is 31.3 Å². The zero-order valence-corrected chi connectivity index (χ0v) is 15.9. The van der Waals surface area contributed by atoms with Crippen molar-refractivity contribution >= 4 is 5.91 Å². The van der Waals surface area contributed by atoms with Crippen molar-refractivity contribution in [2.45, 2.75) is 63.5 Å². The zero-order chi connectivity index (χ0) is 18.9. The Bertz CT molecular complexity index is 790. The van der Waals surface area contributed by atoms with Crippen molar-refractivity contribution in [2.24, 2.45) is 5.92 Å². The number of likely N-dealkylation sites (tertiary alicyclic amines) is 1. The summed E-state index contributed by atoms with van der Waals surface area (Å²) < 4.78 is 0. The fourth-order valence-corrected chi connectivity index (χ4v) is 4.94. The lowest BCUT2D eigenvalue weighted by Gasteiger charge is -2.52. The van der Waals surface area contributed by atoms with Crippen molar-refractivity contribution in [1.29, 1.82) is 0 Å². The standard InChI is InChI=1S/C21H28N4O2/c1-15-22-19(24-23-15)11-12-20(26)25-14-13-21(27,16-7-3-2-4-8-16)17-9-5-6-10-18(17)25/h2-4,7-8,17-18,27H,5-6,9-14H2,1H3,(H,22,23,24)/t17-,18-,21+/m0/s1. The highest BCUT2D eigenvalue weighted by Gasteiger charge is 2.50. The molecule has 27 heavy (non-hydrogen) atoms. The van der Waals surface area contributed by atoms with Crippen molar-refractivity contribution < 1.29 is 9.90 Å². The molecule has 1 aliphatic heterocycles. The molecular weight excluding hydrogens is 340 g/mol. The zero-order valence-electron chi connectivity index (χ0n) is 15.9. The molecule has 3 atom stereocenters. The molecule has 1 aromatic carbocycles. The van der Waals surface area contributed by atoms with E-state index in [4.69, 9.17) is 0 Å². The minimum Gasteiger partial charge on any atom is -0.385 e. The van der Waals surface area contributed by atoms with E-state index < -0.39 is 5.60 Å². The maximum Gasteiger partial charge on any atom is 0.223 e. The molecule has 1 saturated carbocycles. The van der Waals surface area contributed by atoms with Crippen molar-refractivity contribution in [3.05, 3.63) is 47.5 Å². The number of H-pyrrole nitrogens is 1. The summed E-state index contributed by atoms with van der Waals surface area (Å²) in [5, 5.41) is 18.5. The second-order valence-electron chi connectivity index (χ2n) is 7.92. The third kappa shape index (κ3) is 3.50. The molecule has 2 aromatic rings. The molecule has 2 N–H and O–H groups in total. The first-order chi connectivity index (χ1) is 13.1. The van der Waals surface area contributed by atoms with Crippen molar-refractivity contribution in [3.63, 3.8) is 0 Å². The van der Waals surface area contributed by atoms with E-state index in [-0.39, 0.29) is 17.9 Å². The van der Waals surface area contributed by atoms with Gasteiger partial charge in [0.15, 0.2) is 5.82 Å². The molecule has 2 aliphatic rings. The number of carbonyl (C=O) groups is 1. The van der Waals surface area contributed by atoms with Crippen LogP contribution >= 0.6 is 0 Å². The summed E-state index contributed by atoms with van der Waals surface area (Å²) in [6, 6.07) is 10.1. The highest BCUT2D eigenvalue weighted by atomic mass is 16.3. The lowest BCUT2D eigenvalue weighted by Crippen LogP contribution is -2.59. The Balaban J connectivity index is 1.50. The van der Waals surface area contributed by atoms with Crippen molar-refractivity contribution in [1.82, 2.24) is 20.1 Å². The maximum absolute atomic E-state index is 13.0. The topological polar surface area (TPSA) is 82.1 Å². The first kappa shape index (κ1) is 18.2. The number of rotatable bonds is 4. The van der Waals surface area contributed by atoms with E-state index in [0.29, 0.717) is 31.6 Å². The number of nitrogens with one attached hydrogen (secondary N) is 1. The minimum absolute atomic E-state index is 0.108. The maximum atomic E-state index is 13.0. The van der Waals surface area contributed by atoms with E-state index >= 15 is 0 Å². The van der Waals surface area contributed by atoms with Gasteiger partial charge in [0.05, 0.1) is 5.60 Å². The Morgan fingerprint density at radius 1 is 1.30 bits per heavy atom. The third-order valence-corrected chi connectivity index (χ3v) is 6.28. The quantitative estimate of drug-likeness (QED) is 0.869. The number of nitrogens with zero attached hydrogens (tertiary/aromatic N) is 3. The number of piperidine rings is 1. The van der Waals surface area contributed by atoms with Gasteiger partial charge in [-0.2, -0.15) is 5.10 Å². The van der Waals surface area contributed by atoms with E-state index in [0.717, 1.165) is 37.1 Å². The van der Waals surface area contributed by atoms with Gasteiger partial charge in [0.25, 0.3) is 0 Å². The normalized spacial score (nSPS) is 28.0. The molecule has 2 fully saturated rings. The number of aromatic amines is 1. The molecule has 0 bridgehead atoms. The summed E-state index contributed by atoms with van der Waals surface area (Å²) in [6.07, 6.45) is 5.77. The Hall–Kier alpha value is -2.21. The number of fused-ring (bicyclic) bond motifs is 1. The molecule has 2 heterocycles. The Morgan fingerprint density at radius 2 is 2.07 bits per heavy atom. The van der Waals surface area contributed by atoms with Crippen LogP contribution in [0.15, 0.2) is 30.3 Å². The summed E-state index contributed by atoms with van der Waals surface area (Å²) >= 11 is 0. The number of hydrogen-bond donors (Lipinski definition) is 2. The van der Waals surface area contributed by atoms with Gasteiger partial charge in [-0.1, -0.05) is 43.2 Å². The Morgan fingerprint density at radius 3 is 2.81 bits per heavy atom. The van der Waals surface area contributed by atoms with E-state index in [2.05, 4.69) is 15.2 Å². The summed E-state index contributed by atoms with van der Waals surface area (Å²) in [4.78, 5) is 19.3. The summed E-state index contributed by atoms with van der Waals surface area (Å²) in [5.41, 5.74) is 0.162. The van der Waals surface area contributed by atoms with E-state index in [1.165, 1.54) is 0 Å². The predicted molar refractivity (Wildman–Crippen MR) is 102 cm³/mol. The fraction of sp³-hybridized carbons (Fsp3) is 0.571. The van der Waals surface area contributed by atoms with Crippen molar-refractivity contribution in [3.8, 4) is 0 Å². The summed E-state index contributed by atoms with van der Waals surface area (Å²) in [5.74, 6) is 1.73. The second-order valence-corrected chi connectivity index (χ2v) is 7.92. The van der Waals surface area contributed by atoms with Gasteiger partial charge in [-0.15, -0.1) is 0 Å². The highest BCUT2D eigenvalue weighted by Crippen LogP contribution is 2.47.